The summed E-state index contributed by atoms with van der Waals surface area (Å²) in [6, 6.07) is -0.177. The van der Waals surface area contributed by atoms with E-state index in [-0.39, 0.29) is 18.0 Å². The van der Waals surface area contributed by atoms with Crippen molar-refractivity contribution in [2.75, 3.05) is 33.0 Å². The third kappa shape index (κ3) is 4.59. The predicted molar refractivity (Wildman–Crippen MR) is 56.7 cm³/mol. The highest BCUT2D eigenvalue weighted by molar-refractivity contribution is 5.82. The Hall–Kier alpha value is -0.650. The molecule has 1 rings (SSSR count). The average molecular weight is 216 g/mol. The van der Waals surface area contributed by atoms with Crippen molar-refractivity contribution in [3.63, 3.8) is 0 Å². The lowest BCUT2D eigenvalue weighted by Gasteiger charge is -2.24. The molecule has 0 aromatic rings. The molecule has 0 aliphatic carbocycles. The number of hydrogen-bond acceptors (Lipinski definition) is 4. The maximum absolute atomic E-state index is 11.7. The minimum Gasteiger partial charge on any atom is -0.380 e. The Morgan fingerprint density at radius 3 is 3.13 bits per heavy atom. The van der Waals surface area contributed by atoms with Gasteiger partial charge in [0, 0.05) is 19.2 Å². The molecule has 5 nitrogen and oxygen atoms in total. The van der Waals surface area contributed by atoms with E-state index in [0.29, 0.717) is 26.4 Å². The highest BCUT2D eigenvalue weighted by atomic mass is 16.5. The van der Waals surface area contributed by atoms with Gasteiger partial charge in [0.15, 0.2) is 0 Å². The third-order valence-corrected chi connectivity index (χ3v) is 2.20. The van der Waals surface area contributed by atoms with Crippen LogP contribution < -0.4 is 10.6 Å². The predicted octanol–water partition coefficient (Wildman–Crippen LogP) is -0.484. The smallest absolute Gasteiger partial charge is 0.239 e. The highest BCUT2D eigenvalue weighted by Gasteiger charge is 2.21. The quantitative estimate of drug-likeness (QED) is 0.651. The molecule has 1 aliphatic rings. The van der Waals surface area contributed by atoms with E-state index in [4.69, 9.17) is 9.47 Å². The van der Waals surface area contributed by atoms with Gasteiger partial charge >= 0.3 is 0 Å². The van der Waals surface area contributed by atoms with Crippen LogP contribution in [0.5, 0.6) is 0 Å². The molecule has 0 bridgehead atoms. The van der Waals surface area contributed by atoms with Gasteiger partial charge in [-0.25, -0.2) is 0 Å². The Kier molecular flexibility index (Phi) is 5.60. The SMILES string of the molecule is CCOCC(C)NC(=O)C1COCCN1. The lowest BCUT2D eigenvalue weighted by molar-refractivity contribution is -0.126. The molecule has 0 radical (unpaired) electrons. The lowest BCUT2D eigenvalue weighted by atomic mass is 10.2. The van der Waals surface area contributed by atoms with Crippen molar-refractivity contribution in [2.24, 2.45) is 0 Å². The minimum atomic E-state index is -0.220. The van der Waals surface area contributed by atoms with Crippen molar-refractivity contribution in [2.45, 2.75) is 25.9 Å². The summed E-state index contributed by atoms with van der Waals surface area (Å²) in [6.07, 6.45) is 0. The van der Waals surface area contributed by atoms with E-state index in [9.17, 15) is 4.79 Å². The van der Waals surface area contributed by atoms with Gasteiger partial charge in [-0.1, -0.05) is 0 Å². The van der Waals surface area contributed by atoms with Gasteiger partial charge in [-0.3, -0.25) is 4.79 Å². The number of nitrogens with one attached hydrogen (secondary N) is 2. The van der Waals surface area contributed by atoms with Crippen LogP contribution in [0.25, 0.3) is 0 Å². The summed E-state index contributed by atoms with van der Waals surface area (Å²) in [5.41, 5.74) is 0. The maximum atomic E-state index is 11.7. The number of carbonyl (C=O) groups excluding carboxylic acids is 1. The van der Waals surface area contributed by atoms with Crippen molar-refractivity contribution in [1.29, 1.82) is 0 Å². The van der Waals surface area contributed by atoms with E-state index >= 15 is 0 Å². The zero-order valence-corrected chi connectivity index (χ0v) is 9.41. The standard InChI is InChI=1S/C10H20N2O3/c1-3-14-6-8(2)12-10(13)9-7-15-5-4-11-9/h8-9,11H,3-7H2,1-2H3,(H,12,13). The van der Waals surface area contributed by atoms with E-state index in [2.05, 4.69) is 10.6 Å². The van der Waals surface area contributed by atoms with Crippen LogP contribution in [0.3, 0.4) is 0 Å². The molecule has 0 aromatic carbocycles. The van der Waals surface area contributed by atoms with Crippen LogP contribution in [0.1, 0.15) is 13.8 Å². The van der Waals surface area contributed by atoms with Crippen molar-refractivity contribution < 1.29 is 14.3 Å². The van der Waals surface area contributed by atoms with Gasteiger partial charge in [0.2, 0.25) is 5.91 Å². The number of morpholine rings is 1. The van der Waals surface area contributed by atoms with Crippen molar-refractivity contribution in [1.82, 2.24) is 10.6 Å². The molecule has 0 spiro atoms. The summed E-state index contributed by atoms with van der Waals surface area (Å²) in [5.74, 6) is -0.0121. The molecule has 88 valence electrons. The third-order valence-electron chi connectivity index (χ3n) is 2.20. The van der Waals surface area contributed by atoms with Crippen LogP contribution in [-0.2, 0) is 14.3 Å². The maximum Gasteiger partial charge on any atom is 0.239 e. The Labute approximate surface area is 90.5 Å². The molecule has 5 heteroatoms. The van der Waals surface area contributed by atoms with Crippen molar-refractivity contribution in [3.05, 3.63) is 0 Å². The normalized spacial score (nSPS) is 23.5. The number of carbonyl (C=O) groups is 1. The summed E-state index contributed by atoms with van der Waals surface area (Å²) < 4.78 is 10.4. The van der Waals surface area contributed by atoms with Crippen molar-refractivity contribution >= 4 is 5.91 Å². The Bertz CT molecular complexity index is 193. The molecule has 1 heterocycles. The Balaban J connectivity index is 2.21. The molecule has 1 amide bonds. The fraction of sp³-hybridized carbons (Fsp3) is 0.900. The minimum absolute atomic E-state index is 0.0121. The molecule has 0 saturated carbocycles. The lowest BCUT2D eigenvalue weighted by Crippen LogP contribution is -2.53. The summed E-state index contributed by atoms with van der Waals surface area (Å²) in [4.78, 5) is 11.7. The Morgan fingerprint density at radius 1 is 1.73 bits per heavy atom. The molecule has 1 fully saturated rings. The average Bonchev–Trinajstić information content (AvgIpc) is 2.27. The fourth-order valence-electron chi connectivity index (χ4n) is 1.41. The fourth-order valence-corrected chi connectivity index (χ4v) is 1.41. The second-order valence-electron chi connectivity index (χ2n) is 3.65. The molecule has 1 saturated heterocycles. The summed E-state index contributed by atoms with van der Waals surface area (Å²) in [7, 11) is 0. The summed E-state index contributed by atoms with van der Waals surface area (Å²) in [5, 5.41) is 5.98. The van der Waals surface area contributed by atoms with Crippen LogP contribution in [0.2, 0.25) is 0 Å². The largest absolute Gasteiger partial charge is 0.380 e. The molecule has 1 aliphatic heterocycles. The first-order valence-corrected chi connectivity index (χ1v) is 5.43. The van der Waals surface area contributed by atoms with Gasteiger partial charge in [0.25, 0.3) is 0 Å². The molecule has 0 aromatic heterocycles. The van der Waals surface area contributed by atoms with E-state index in [1.165, 1.54) is 0 Å². The first-order chi connectivity index (χ1) is 7.24. The molecule has 15 heavy (non-hydrogen) atoms. The van der Waals surface area contributed by atoms with Crippen LogP contribution in [0.4, 0.5) is 0 Å². The zero-order valence-electron chi connectivity index (χ0n) is 9.41. The molecule has 2 unspecified atom stereocenters. The number of rotatable bonds is 5. The van der Waals surface area contributed by atoms with Gasteiger partial charge < -0.3 is 20.1 Å². The molecule has 2 N–H and O–H groups in total. The van der Waals surface area contributed by atoms with Gasteiger partial charge in [0.05, 0.1) is 19.8 Å². The second-order valence-corrected chi connectivity index (χ2v) is 3.65. The number of ether oxygens (including phenoxy) is 2. The van der Waals surface area contributed by atoms with Crippen molar-refractivity contribution in [3.8, 4) is 0 Å². The van der Waals surface area contributed by atoms with Crippen LogP contribution in [0, 0.1) is 0 Å². The van der Waals surface area contributed by atoms with Crippen LogP contribution in [0.15, 0.2) is 0 Å². The molecular weight excluding hydrogens is 196 g/mol. The number of amides is 1. The molecular formula is C10H20N2O3. The van der Waals surface area contributed by atoms with E-state index in [1.807, 2.05) is 13.8 Å². The van der Waals surface area contributed by atoms with E-state index < -0.39 is 0 Å². The topological polar surface area (TPSA) is 59.6 Å². The van der Waals surface area contributed by atoms with Gasteiger partial charge in [0.1, 0.15) is 6.04 Å². The van der Waals surface area contributed by atoms with Crippen LogP contribution >= 0.6 is 0 Å². The van der Waals surface area contributed by atoms with Gasteiger partial charge in [-0.15, -0.1) is 0 Å². The Morgan fingerprint density at radius 2 is 2.53 bits per heavy atom. The zero-order chi connectivity index (χ0) is 11.1. The van der Waals surface area contributed by atoms with E-state index in [0.717, 1.165) is 6.54 Å². The van der Waals surface area contributed by atoms with Crippen LogP contribution in [-0.4, -0.2) is 51.0 Å². The summed E-state index contributed by atoms with van der Waals surface area (Å²) >= 11 is 0. The van der Waals surface area contributed by atoms with Gasteiger partial charge in [-0.05, 0) is 13.8 Å². The number of hydrogen-bond donors (Lipinski definition) is 2. The van der Waals surface area contributed by atoms with Gasteiger partial charge in [-0.2, -0.15) is 0 Å². The second kappa shape index (κ2) is 6.76. The molecule has 2 atom stereocenters. The monoisotopic (exact) mass is 216 g/mol. The first kappa shape index (κ1) is 12.4. The van der Waals surface area contributed by atoms with E-state index in [1.54, 1.807) is 0 Å². The summed E-state index contributed by atoms with van der Waals surface area (Å²) in [6.45, 7) is 6.95. The first-order valence-electron chi connectivity index (χ1n) is 5.43. The highest BCUT2D eigenvalue weighted by Crippen LogP contribution is 1.94.